The lowest BCUT2D eigenvalue weighted by Gasteiger charge is -2.11. The second-order valence-corrected chi connectivity index (χ2v) is 4.27. The van der Waals surface area contributed by atoms with Gasteiger partial charge in [0.2, 0.25) is 5.88 Å². The molecule has 0 unspecified atom stereocenters. The van der Waals surface area contributed by atoms with Gasteiger partial charge in [-0.05, 0) is 18.9 Å². The van der Waals surface area contributed by atoms with Crippen molar-refractivity contribution < 1.29 is 9.47 Å². The molecule has 1 N–H and O–H groups in total. The van der Waals surface area contributed by atoms with Crippen molar-refractivity contribution in [3.05, 3.63) is 18.2 Å². The maximum Gasteiger partial charge on any atom is 0.214 e. The first-order valence-electron chi connectivity index (χ1n) is 6.25. The van der Waals surface area contributed by atoms with Crippen LogP contribution in [-0.2, 0) is 4.74 Å². The maximum atomic E-state index is 5.76. The van der Waals surface area contributed by atoms with Gasteiger partial charge in [0.15, 0.2) is 0 Å². The molecule has 1 aromatic heterocycles. The second-order valence-electron chi connectivity index (χ2n) is 4.27. The summed E-state index contributed by atoms with van der Waals surface area (Å²) in [5, 5.41) is 3.23. The Kier molecular flexibility index (Phi) is 4.62. The van der Waals surface area contributed by atoms with Crippen LogP contribution in [0.4, 0.5) is 5.82 Å². The number of nitrogens with one attached hydrogen (secondary N) is 1. The molecule has 0 radical (unpaired) electrons. The summed E-state index contributed by atoms with van der Waals surface area (Å²) in [6, 6.07) is 5.68. The zero-order valence-electron chi connectivity index (χ0n) is 10.3. The first-order chi connectivity index (χ1) is 8.38. The Morgan fingerprint density at radius 1 is 1.35 bits per heavy atom. The molecule has 17 heavy (non-hydrogen) atoms. The van der Waals surface area contributed by atoms with Crippen molar-refractivity contribution in [2.75, 3.05) is 25.6 Å². The van der Waals surface area contributed by atoms with Crippen LogP contribution in [0, 0.1) is 0 Å². The van der Waals surface area contributed by atoms with E-state index in [0.717, 1.165) is 19.0 Å². The molecular weight excluding hydrogens is 216 g/mol. The minimum atomic E-state index is 0.482. The summed E-state index contributed by atoms with van der Waals surface area (Å²) in [7, 11) is 1.62. The minimum absolute atomic E-state index is 0.482. The van der Waals surface area contributed by atoms with Crippen LogP contribution in [0.3, 0.4) is 0 Å². The molecule has 94 valence electrons. The number of methoxy groups -OCH3 is 1. The summed E-state index contributed by atoms with van der Waals surface area (Å²) in [6.45, 7) is 1.53. The highest BCUT2D eigenvalue weighted by molar-refractivity contribution is 5.36. The number of nitrogens with zero attached hydrogens (tertiary/aromatic N) is 1. The molecule has 0 spiro atoms. The van der Waals surface area contributed by atoms with E-state index in [9.17, 15) is 0 Å². The highest BCUT2D eigenvalue weighted by Gasteiger charge is 2.14. The molecule has 0 saturated heterocycles. The van der Waals surface area contributed by atoms with Crippen LogP contribution >= 0.6 is 0 Å². The first kappa shape index (κ1) is 12.2. The number of aromatic nitrogens is 1. The van der Waals surface area contributed by atoms with E-state index in [0.29, 0.717) is 12.0 Å². The van der Waals surface area contributed by atoms with E-state index >= 15 is 0 Å². The summed E-state index contributed by atoms with van der Waals surface area (Å²) in [4.78, 5) is 4.27. The third-order valence-corrected chi connectivity index (χ3v) is 3.00. The van der Waals surface area contributed by atoms with Crippen LogP contribution in [0.25, 0.3) is 0 Å². The van der Waals surface area contributed by atoms with Crippen molar-refractivity contribution in [1.29, 1.82) is 0 Å². The van der Waals surface area contributed by atoms with Gasteiger partial charge in [0.1, 0.15) is 5.82 Å². The van der Waals surface area contributed by atoms with Crippen LogP contribution in [0.2, 0.25) is 0 Å². The van der Waals surface area contributed by atoms with Crippen molar-refractivity contribution in [2.24, 2.45) is 0 Å². The summed E-state index contributed by atoms with van der Waals surface area (Å²) < 4.78 is 10.8. The minimum Gasteiger partial charge on any atom is -0.481 e. The highest BCUT2D eigenvalue weighted by Crippen LogP contribution is 2.20. The average molecular weight is 236 g/mol. The van der Waals surface area contributed by atoms with Gasteiger partial charge in [-0.15, -0.1) is 0 Å². The van der Waals surface area contributed by atoms with Gasteiger partial charge in [-0.1, -0.05) is 18.9 Å². The van der Waals surface area contributed by atoms with Gasteiger partial charge >= 0.3 is 0 Å². The number of hydrogen-bond donors (Lipinski definition) is 1. The fraction of sp³-hybridized carbons (Fsp3) is 0.615. The quantitative estimate of drug-likeness (QED) is 0.770. The van der Waals surface area contributed by atoms with Crippen LogP contribution in [0.1, 0.15) is 25.7 Å². The topological polar surface area (TPSA) is 43.4 Å². The number of ether oxygens (including phenoxy) is 2. The predicted octanol–water partition coefficient (Wildman–Crippen LogP) is 2.46. The van der Waals surface area contributed by atoms with Crippen molar-refractivity contribution in [3.63, 3.8) is 0 Å². The van der Waals surface area contributed by atoms with Crippen LogP contribution in [0.5, 0.6) is 5.88 Å². The van der Waals surface area contributed by atoms with Crippen LogP contribution < -0.4 is 10.1 Å². The molecule has 0 aromatic carbocycles. The van der Waals surface area contributed by atoms with E-state index in [1.165, 1.54) is 25.7 Å². The van der Waals surface area contributed by atoms with Crippen LogP contribution in [-0.4, -0.2) is 31.3 Å². The zero-order valence-corrected chi connectivity index (χ0v) is 10.3. The van der Waals surface area contributed by atoms with E-state index in [1.54, 1.807) is 7.11 Å². The van der Waals surface area contributed by atoms with Gasteiger partial charge in [0, 0.05) is 12.6 Å². The molecule has 0 amide bonds. The fourth-order valence-electron chi connectivity index (χ4n) is 2.09. The molecule has 1 fully saturated rings. The van der Waals surface area contributed by atoms with Gasteiger partial charge in [-0.2, -0.15) is 4.98 Å². The lowest BCUT2D eigenvalue weighted by molar-refractivity contribution is 0.0658. The fourth-order valence-corrected chi connectivity index (χ4v) is 2.09. The number of hydrogen-bond acceptors (Lipinski definition) is 4. The number of anilines is 1. The summed E-state index contributed by atoms with van der Waals surface area (Å²) in [5.74, 6) is 1.46. The Hall–Kier alpha value is -1.29. The van der Waals surface area contributed by atoms with Gasteiger partial charge in [-0.25, -0.2) is 0 Å². The highest BCUT2D eigenvalue weighted by atomic mass is 16.5. The molecule has 1 aliphatic carbocycles. The molecule has 0 atom stereocenters. The number of pyridine rings is 1. The van der Waals surface area contributed by atoms with E-state index < -0.39 is 0 Å². The lowest BCUT2D eigenvalue weighted by atomic mass is 10.3. The van der Waals surface area contributed by atoms with E-state index in [4.69, 9.17) is 9.47 Å². The van der Waals surface area contributed by atoms with Gasteiger partial charge in [0.05, 0.1) is 19.8 Å². The lowest BCUT2D eigenvalue weighted by Crippen LogP contribution is -2.15. The van der Waals surface area contributed by atoms with Crippen LogP contribution in [0.15, 0.2) is 18.2 Å². The molecule has 1 heterocycles. The predicted molar refractivity (Wildman–Crippen MR) is 67.5 cm³/mol. The molecule has 4 heteroatoms. The SMILES string of the molecule is COc1cccc(NCCOC2CCCC2)n1. The molecule has 1 aliphatic rings. The molecule has 0 aliphatic heterocycles. The average Bonchev–Trinajstić information content (AvgIpc) is 2.88. The maximum absolute atomic E-state index is 5.76. The smallest absolute Gasteiger partial charge is 0.214 e. The van der Waals surface area contributed by atoms with Crippen molar-refractivity contribution in [3.8, 4) is 5.88 Å². The molecular formula is C13H20N2O2. The number of rotatable bonds is 6. The van der Waals surface area contributed by atoms with Gasteiger partial charge in [0.25, 0.3) is 0 Å². The molecule has 0 bridgehead atoms. The van der Waals surface area contributed by atoms with Crippen molar-refractivity contribution >= 4 is 5.82 Å². The molecule has 4 nitrogen and oxygen atoms in total. The largest absolute Gasteiger partial charge is 0.481 e. The molecule has 1 saturated carbocycles. The third kappa shape index (κ3) is 3.89. The van der Waals surface area contributed by atoms with E-state index in [1.807, 2.05) is 18.2 Å². The third-order valence-electron chi connectivity index (χ3n) is 3.00. The Labute approximate surface area is 102 Å². The van der Waals surface area contributed by atoms with Crippen molar-refractivity contribution in [1.82, 2.24) is 4.98 Å². The Morgan fingerprint density at radius 2 is 2.18 bits per heavy atom. The first-order valence-corrected chi connectivity index (χ1v) is 6.25. The standard InChI is InChI=1S/C13H20N2O2/c1-16-13-8-4-7-12(15-13)14-9-10-17-11-5-2-3-6-11/h4,7-8,11H,2-3,5-6,9-10H2,1H3,(H,14,15). The zero-order chi connectivity index (χ0) is 11.9. The normalized spacial score (nSPS) is 16.1. The Morgan fingerprint density at radius 3 is 2.94 bits per heavy atom. The summed E-state index contributed by atoms with van der Waals surface area (Å²) in [6.07, 6.45) is 5.55. The van der Waals surface area contributed by atoms with Crippen molar-refractivity contribution in [2.45, 2.75) is 31.8 Å². The van der Waals surface area contributed by atoms with Gasteiger partial charge < -0.3 is 14.8 Å². The monoisotopic (exact) mass is 236 g/mol. The Balaban J connectivity index is 1.66. The van der Waals surface area contributed by atoms with E-state index in [2.05, 4.69) is 10.3 Å². The van der Waals surface area contributed by atoms with E-state index in [-0.39, 0.29) is 0 Å². The second kappa shape index (κ2) is 6.45. The molecule has 1 aromatic rings. The van der Waals surface area contributed by atoms with Gasteiger partial charge in [-0.3, -0.25) is 0 Å². The molecule has 2 rings (SSSR count). The Bertz CT molecular complexity index is 338. The summed E-state index contributed by atoms with van der Waals surface area (Å²) in [5.41, 5.74) is 0. The summed E-state index contributed by atoms with van der Waals surface area (Å²) >= 11 is 0.